The second-order valence-electron chi connectivity index (χ2n) is 9.62. The summed E-state index contributed by atoms with van der Waals surface area (Å²) in [6.45, 7) is 1.24. The third-order valence-corrected chi connectivity index (χ3v) is 7.12. The fraction of sp³-hybridized carbons (Fsp3) is 0.370. The highest BCUT2D eigenvalue weighted by atomic mass is 35.5. The number of benzene rings is 2. The molecule has 0 radical (unpaired) electrons. The van der Waals surface area contributed by atoms with E-state index in [4.69, 9.17) is 21.1 Å². The standard InChI is InChI=1S/C27H27ClF3N3O3/c1-32(2)14-15-36-22-8-5-18(16-20(22)27(29,30)31)25(35)33-12-9-26(10-13-33)24-4-3-11-34(24)21-7-6-19(28)17-23(21)37-26/h3-8,11,16-17H,9-10,12-15H2,1-2H3. The molecule has 5 rings (SSSR count). The van der Waals surface area contributed by atoms with E-state index >= 15 is 0 Å². The zero-order chi connectivity index (χ0) is 26.4. The molecule has 0 atom stereocenters. The lowest BCUT2D eigenvalue weighted by molar-refractivity contribution is -0.139. The minimum Gasteiger partial charge on any atom is -0.492 e. The van der Waals surface area contributed by atoms with Crippen molar-refractivity contribution in [2.75, 3.05) is 40.3 Å². The van der Waals surface area contributed by atoms with Crippen LogP contribution in [0.4, 0.5) is 13.2 Å². The van der Waals surface area contributed by atoms with Gasteiger partial charge in [0.1, 0.15) is 18.1 Å². The summed E-state index contributed by atoms with van der Waals surface area (Å²) in [4.78, 5) is 16.6. The van der Waals surface area contributed by atoms with Gasteiger partial charge in [0, 0.05) is 55.3 Å². The van der Waals surface area contributed by atoms with Crippen LogP contribution in [0.1, 0.15) is 34.5 Å². The summed E-state index contributed by atoms with van der Waals surface area (Å²) in [5, 5.41) is 0.562. The fourth-order valence-corrected chi connectivity index (χ4v) is 5.12. The van der Waals surface area contributed by atoms with E-state index in [1.165, 1.54) is 12.1 Å². The predicted molar refractivity (Wildman–Crippen MR) is 134 cm³/mol. The van der Waals surface area contributed by atoms with Crippen LogP contribution in [0.3, 0.4) is 0 Å². The number of hydrogen-bond acceptors (Lipinski definition) is 4. The monoisotopic (exact) mass is 533 g/mol. The van der Waals surface area contributed by atoms with Crippen LogP contribution in [0.5, 0.6) is 11.5 Å². The number of ether oxygens (including phenoxy) is 2. The van der Waals surface area contributed by atoms with Gasteiger partial charge >= 0.3 is 6.18 Å². The van der Waals surface area contributed by atoms with Crippen LogP contribution in [0, 0.1) is 0 Å². The van der Waals surface area contributed by atoms with Crippen LogP contribution in [0.15, 0.2) is 54.7 Å². The quantitative estimate of drug-likeness (QED) is 0.427. The van der Waals surface area contributed by atoms with Crippen molar-refractivity contribution < 1.29 is 27.4 Å². The summed E-state index contributed by atoms with van der Waals surface area (Å²) in [7, 11) is 3.62. The maximum atomic E-state index is 13.8. The first-order chi connectivity index (χ1) is 17.6. The molecule has 1 amide bonds. The molecule has 2 aliphatic heterocycles. The summed E-state index contributed by atoms with van der Waals surface area (Å²) in [6.07, 6.45) is -1.70. The normalized spacial score (nSPS) is 16.4. The molecule has 2 aromatic carbocycles. The first-order valence-corrected chi connectivity index (χ1v) is 12.4. The molecule has 2 aliphatic rings. The molecule has 37 heavy (non-hydrogen) atoms. The topological polar surface area (TPSA) is 46.9 Å². The Balaban J connectivity index is 1.34. The molecule has 1 aromatic heterocycles. The molecule has 1 saturated heterocycles. The lowest BCUT2D eigenvalue weighted by Gasteiger charge is -2.45. The van der Waals surface area contributed by atoms with E-state index in [-0.39, 0.29) is 17.9 Å². The second kappa shape index (κ2) is 9.61. The smallest absolute Gasteiger partial charge is 0.419 e. The van der Waals surface area contributed by atoms with Crippen molar-refractivity contribution in [1.29, 1.82) is 0 Å². The SMILES string of the molecule is CN(C)CCOc1ccc(C(=O)N2CCC3(CC2)Oc2cc(Cl)ccc2-n2cccc23)cc1C(F)(F)F. The van der Waals surface area contributed by atoms with Gasteiger partial charge in [-0.15, -0.1) is 0 Å². The fourth-order valence-electron chi connectivity index (χ4n) is 4.95. The molecular formula is C27H27ClF3N3O3. The number of fused-ring (bicyclic) bond motifs is 4. The van der Waals surface area contributed by atoms with E-state index in [0.717, 1.165) is 17.4 Å². The lowest BCUT2D eigenvalue weighted by Crippen LogP contribution is -2.50. The Morgan fingerprint density at radius 2 is 1.89 bits per heavy atom. The van der Waals surface area contributed by atoms with Gasteiger partial charge in [0.05, 0.1) is 16.9 Å². The van der Waals surface area contributed by atoms with Crippen LogP contribution < -0.4 is 9.47 Å². The van der Waals surface area contributed by atoms with E-state index < -0.39 is 23.2 Å². The van der Waals surface area contributed by atoms with Crippen LogP contribution in [-0.2, 0) is 11.8 Å². The molecule has 3 heterocycles. The third-order valence-electron chi connectivity index (χ3n) is 6.89. The highest BCUT2D eigenvalue weighted by molar-refractivity contribution is 6.30. The maximum Gasteiger partial charge on any atom is 0.419 e. The van der Waals surface area contributed by atoms with Crippen LogP contribution in [0.25, 0.3) is 5.69 Å². The first kappa shape index (κ1) is 25.5. The van der Waals surface area contributed by atoms with Gasteiger partial charge in [-0.1, -0.05) is 11.6 Å². The predicted octanol–water partition coefficient (Wildman–Crippen LogP) is 5.61. The number of alkyl halides is 3. The molecule has 0 aliphatic carbocycles. The van der Waals surface area contributed by atoms with Gasteiger partial charge in [-0.2, -0.15) is 13.2 Å². The minimum atomic E-state index is -4.65. The molecule has 196 valence electrons. The van der Waals surface area contributed by atoms with E-state index in [9.17, 15) is 18.0 Å². The zero-order valence-corrected chi connectivity index (χ0v) is 21.3. The van der Waals surface area contributed by atoms with Gasteiger partial charge in [0.2, 0.25) is 0 Å². The summed E-state index contributed by atoms with van der Waals surface area (Å²) in [5.41, 5.74) is 0.245. The van der Waals surface area contributed by atoms with Gasteiger partial charge in [0.15, 0.2) is 5.60 Å². The average molecular weight is 534 g/mol. The molecule has 0 N–H and O–H groups in total. The van der Waals surface area contributed by atoms with Crippen molar-refractivity contribution in [2.24, 2.45) is 0 Å². The molecule has 6 nitrogen and oxygen atoms in total. The number of halogens is 4. The number of carbonyl (C=O) groups excluding carboxylic acids is 1. The molecular weight excluding hydrogens is 507 g/mol. The lowest BCUT2D eigenvalue weighted by atomic mass is 9.86. The maximum absolute atomic E-state index is 13.8. The molecule has 3 aromatic rings. The Morgan fingerprint density at radius 3 is 2.59 bits per heavy atom. The number of aromatic nitrogens is 1. The Kier molecular flexibility index (Phi) is 6.62. The molecule has 1 spiro atoms. The van der Waals surface area contributed by atoms with Crippen LogP contribution in [-0.4, -0.2) is 60.6 Å². The summed E-state index contributed by atoms with van der Waals surface area (Å²) in [6, 6.07) is 12.9. The Bertz CT molecular complexity index is 1310. The molecule has 0 unspecified atom stereocenters. The highest BCUT2D eigenvalue weighted by Gasteiger charge is 2.45. The number of likely N-dealkylation sites (tertiary alicyclic amines) is 1. The number of rotatable bonds is 5. The van der Waals surface area contributed by atoms with Crippen LogP contribution in [0.2, 0.25) is 5.02 Å². The van der Waals surface area contributed by atoms with Crippen LogP contribution >= 0.6 is 11.6 Å². The minimum absolute atomic E-state index is 0.0201. The van der Waals surface area contributed by atoms with Crippen molar-refractivity contribution >= 4 is 17.5 Å². The van der Waals surface area contributed by atoms with Gasteiger partial charge in [0.25, 0.3) is 5.91 Å². The third kappa shape index (κ3) is 4.90. The van der Waals surface area contributed by atoms with Crippen molar-refractivity contribution in [3.8, 4) is 17.2 Å². The number of carbonyl (C=O) groups is 1. The Labute approximate surface area is 218 Å². The second-order valence-corrected chi connectivity index (χ2v) is 10.1. The van der Waals surface area contributed by atoms with E-state index in [0.29, 0.717) is 43.2 Å². The van der Waals surface area contributed by atoms with Gasteiger partial charge in [-0.25, -0.2) is 0 Å². The van der Waals surface area contributed by atoms with E-state index in [2.05, 4.69) is 4.57 Å². The Hall–Kier alpha value is -3.17. The van der Waals surface area contributed by atoms with Gasteiger partial charge < -0.3 is 23.8 Å². The molecule has 1 fully saturated rings. The van der Waals surface area contributed by atoms with Crippen molar-refractivity contribution in [3.05, 3.63) is 76.6 Å². The van der Waals surface area contributed by atoms with Gasteiger partial charge in [-0.05, 0) is 56.6 Å². The number of amides is 1. The largest absolute Gasteiger partial charge is 0.492 e. The highest BCUT2D eigenvalue weighted by Crippen LogP contribution is 2.46. The molecule has 0 bridgehead atoms. The molecule has 10 heteroatoms. The number of piperidine rings is 1. The Morgan fingerprint density at radius 1 is 1.14 bits per heavy atom. The van der Waals surface area contributed by atoms with E-state index in [1.807, 2.05) is 43.4 Å². The van der Waals surface area contributed by atoms with E-state index in [1.54, 1.807) is 17.0 Å². The number of hydrogen-bond donors (Lipinski definition) is 0. The molecule has 0 saturated carbocycles. The average Bonchev–Trinajstić information content (AvgIpc) is 3.35. The number of nitrogens with zero attached hydrogens (tertiary/aromatic N) is 3. The summed E-state index contributed by atoms with van der Waals surface area (Å²) >= 11 is 6.20. The first-order valence-electron chi connectivity index (χ1n) is 12.0. The van der Waals surface area contributed by atoms with Crippen molar-refractivity contribution in [2.45, 2.75) is 24.6 Å². The number of likely N-dealkylation sites (N-methyl/N-ethyl adjacent to an activating group) is 1. The van der Waals surface area contributed by atoms with Crippen molar-refractivity contribution in [3.63, 3.8) is 0 Å². The summed E-state index contributed by atoms with van der Waals surface area (Å²) < 4.78 is 55.3. The van der Waals surface area contributed by atoms with Crippen molar-refractivity contribution in [1.82, 2.24) is 14.4 Å². The summed E-state index contributed by atoms with van der Waals surface area (Å²) in [5.74, 6) is -0.0670. The zero-order valence-electron chi connectivity index (χ0n) is 20.5. The van der Waals surface area contributed by atoms with Gasteiger partial charge in [-0.3, -0.25) is 4.79 Å².